The van der Waals surface area contributed by atoms with Crippen LogP contribution in [-0.4, -0.2) is 19.2 Å². The highest BCUT2D eigenvalue weighted by molar-refractivity contribution is 5.43. The first-order chi connectivity index (χ1) is 13.8. The Labute approximate surface area is 166 Å². The van der Waals surface area contributed by atoms with Gasteiger partial charge in [0.05, 0.1) is 13.7 Å². The highest BCUT2D eigenvalue weighted by Gasteiger charge is 2.07. The van der Waals surface area contributed by atoms with Gasteiger partial charge in [-0.25, -0.2) is 0 Å². The molecule has 3 aromatic rings. The predicted molar refractivity (Wildman–Crippen MR) is 109 cm³/mol. The van der Waals surface area contributed by atoms with E-state index in [1.54, 1.807) is 26.6 Å². The highest BCUT2D eigenvalue weighted by atomic mass is 16.5. The zero-order valence-corrected chi connectivity index (χ0v) is 16.4. The van der Waals surface area contributed by atoms with E-state index in [2.05, 4.69) is 22.4 Å². The molecule has 0 spiro atoms. The van der Waals surface area contributed by atoms with Gasteiger partial charge in [0.15, 0.2) is 11.5 Å². The van der Waals surface area contributed by atoms with Gasteiger partial charge in [-0.2, -0.15) is 0 Å². The normalized spacial score (nSPS) is 10.6. The van der Waals surface area contributed by atoms with Gasteiger partial charge in [0, 0.05) is 38.2 Å². The van der Waals surface area contributed by atoms with Crippen LogP contribution in [0.3, 0.4) is 0 Å². The van der Waals surface area contributed by atoms with Crippen molar-refractivity contribution >= 4 is 0 Å². The molecule has 0 bridgehead atoms. The number of aromatic nitrogens is 1. The van der Waals surface area contributed by atoms with Crippen LogP contribution >= 0.6 is 0 Å². The molecule has 1 heterocycles. The van der Waals surface area contributed by atoms with Gasteiger partial charge in [-0.3, -0.25) is 4.98 Å². The number of nitrogens with zero attached hydrogens (tertiary/aromatic N) is 1. The van der Waals surface area contributed by atoms with E-state index in [1.165, 1.54) is 11.1 Å². The van der Waals surface area contributed by atoms with E-state index >= 15 is 0 Å². The molecule has 0 unspecified atom stereocenters. The van der Waals surface area contributed by atoms with Gasteiger partial charge in [-0.15, -0.1) is 0 Å². The summed E-state index contributed by atoms with van der Waals surface area (Å²) in [4.78, 5) is 4.12. The monoisotopic (exact) mass is 378 g/mol. The Morgan fingerprint density at radius 3 is 2.43 bits per heavy atom. The average Bonchev–Trinajstić information content (AvgIpc) is 2.74. The second kappa shape index (κ2) is 10.4. The molecule has 146 valence electrons. The highest BCUT2D eigenvalue weighted by Crippen LogP contribution is 2.29. The first-order valence-corrected chi connectivity index (χ1v) is 9.25. The molecule has 0 aliphatic heterocycles. The summed E-state index contributed by atoms with van der Waals surface area (Å²) >= 11 is 0. The van der Waals surface area contributed by atoms with Crippen LogP contribution in [0.2, 0.25) is 0 Å². The van der Waals surface area contributed by atoms with Crippen LogP contribution in [0.25, 0.3) is 0 Å². The molecule has 3 rings (SSSR count). The maximum absolute atomic E-state index is 5.96. The standard InChI is InChI=1S/C23H26N2O3/c1-26-17-21-8-4-3-7-20(21)15-25-13-18-9-10-22(27-2)23(12-18)28-16-19-6-5-11-24-14-19/h3-12,14,25H,13,15-17H2,1-2H3. The predicted octanol–water partition coefficient (Wildman–Crippen LogP) is 4.11. The molecule has 1 aromatic heterocycles. The maximum atomic E-state index is 5.96. The molecular formula is C23H26N2O3. The first kappa shape index (κ1) is 19.9. The summed E-state index contributed by atoms with van der Waals surface area (Å²) in [6, 6.07) is 18.2. The topological polar surface area (TPSA) is 52.6 Å². The number of ether oxygens (including phenoxy) is 3. The third-order valence-electron chi connectivity index (χ3n) is 4.41. The molecule has 0 atom stereocenters. The lowest BCUT2D eigenvalue weighted by Crippen LogP contribution is -2.14. The smallest absolute Gasteiger partial charge is 0.161 e. The lowest BCUT2D eigenvalue weighted by atomic mass is 10.1. The number of methoxy groups -OCH3 is 2. The van der Waals surface area contributed by atoms with Crippen molar-refractivity contribution in [3.05, 3.63) is 89.2 Å². The number of hydrogen-bond donors (Lipinski definition) is 1. The average molecular weight is 378 g/mol. The second-order valence-corrected chi connectivity index (χ2v) is 6.44. The molecule has 28 heavy (non-hydrogen) atoms. The third kappa shape index (κ3) is 5.55. The van der Waals surface area contributed by atoms with Gasteiger partial charge >= 0.3 is 0 Å². The van der Waals surface area contributed by atoms with E-state index < -0.39 is 0 Å². The zero-order chi connectivity index (χ0) is 19.6. The van der Waals surface area contributed by atoms with Crippen molar-refractivity contribution < 1.29 is 14.2 Å². The molecule has 0 amide bonds. The fourth-order valence-electron chi connectivity index (χ4n) is 2.96. The molecule has 0 radical (unpaired) electrons. The van der Waals surface area contributed by atoms with E-state index in [-0.39, 0.29) is 0 Å². The molecule has 2 aromatic carbocycles. The van der Waals surface area contributed by atoms with E-state index in [9.17, 15) is 0 Å². The van der Waals surface area contributed by atoms with Crippen LogP contribution in [0, 0.1) is 0 Å². The van der Waals surface area contributed by atoms with Crippen molar-refractivity contribution in [2.24, 2.45) is 0 Å². The molecule has 0 aliphatic rings. The fraction of sp³-hybridized carbons (Fsp3) is 0.261. The van der Waals surface area contributed by atoms with Gasteiger partial charge in [0.2, 0.25) is 0 Å². The Bertz CT molecular complexity index is 869. The summed E-state index contributed by atoms with van der Waals surface area (Å²) in [6.45, 7) is 2.57. The SMILES string of the molecule is COCc1ccccc1CNCc1ccc(OC)c(OCc2cccnc2)c1. The van der Waals surface area contributed by atoms with Crippen LogP contribution in [-0.2, 0) is 31.0 Å². The Morgan fingerprint density at radius 1 is 0.821 bits per heavy atom. The van der Waals surface area contributed by atoms with Crippen molar-refractivity contribution in [1.29, 1.82) is 0 Å². The van der Waals surface area contributed by atoms with Gasteiger partial charge in [-0.05, 0) is 34.9 Å². The molecule has 0 saturated heterocycles. The number of hydrogen-bond acceptors (Lipinski definition) is 5. The largest absolute Gasteiger partial charge is 0.493 e. The van der Waals surface area contributed by atoms with Crippen LogP contribution in [0.5, 0.6) is 11.5 Å². The summed E-state index contributed by atoms with van der Waals surface area (Å²) in [5, 5.41) is 3.49. The quantitative estimate of drug-likeness (QED) is 0.575. The number of rotatable bonds is 10. The fourth-order valence-corrected chi connectivity index (χ4v) is 2.96. The Balaban J connectivity index is 1.61. The molecule has 1 N–H and O–H groups in total. The summed E-state index contributed by atoms with van der Waals surface area (Å²) in [6.07, 6.45) is 3.55. The van der Waals surface area contributed by atoms with E-state index in [4.69, 9.17) is 14.2 Å². The minimum atomic E-state index is 0.450. The molecule has 0 aliphatic carbocycles. The van der Waals surface area contributed by atoms with Gasteiger partial charge in [0.1, 0.15) is 6.61 Å². The number of benzene rings is 2. The number of nitrogens with one attached hydrogen (secondary N) is 1. The van der Waals surface area contributed by atoms with E-state index in [1.807, 2.05) is 42.5 Å². The molecule has 0 saturated carbocycles. The van der Waals surface area contributed by atoms with Crippen molar-refractivity contribution in [3.63, 3.8) is 0 Å². The van der Waals surface area contributed by atoms with Gasteiger partial charge in [-0.1, -0.05) is 36.4 Å². The summed E-state index contributed by atoms with van der Waals surface area (Å²) < 4.78 is 16.7. The lowest BCUT2D eigenvalue weighted by Gasteiger charge is -2.13. The molecule has 5 nitrogen and oxygen atoms in total. The first-order valence-electron chi connectivity index (χ1n) is 9.25. The minimum Gasteiger partial charge on any atom is -0.493 e. The second-order valence-electron chi connectivity index (χ2n) is 6.44. The Kier molecular flexibility index (Phi) is 7.41. The van der Waals surface area contributed by atoms with Crippen molar-refractivity contribution in [1.82, 2.24) is 10.3 Å². The third-order valence-corrected chi connectivity index (χ3v) is 4.41. The number of pyridine rings is 1. The lowest BCUT2D eigenvalue weighted by molar-refractivity contribution is 0.184. The van der Waals surface area contributed by atoms with Crippen molar-refractivity contribution in [3.8, 4) is 11.5 Å². The summed E-state index contributed by atoms with van der Waals surface area (Å²) in [5.41, 5.74) is 4.59. The van der Waals surface area contributed by atoms with Crippen molar-refractivity contribution in [2.45, 2.75) is 26.3 Å². The summed E-state index contributed by atoms with van der Waals surface area (Å²) in [7, 11) is 3.37. The Morgan fingerprint density at radius 2 is 1.68 bits per heavy atom. The molecule has 0 fully saturated rings. The van der Waals surface area contributed by atoms with Crippen molar-refractivity contribution in [2.75, 3.05) is 14.2 Å². The Hall–Kier alpha value is -2.89. The van der Waals surface area contributed by atoms with Crippen LogP contribution in [0.4, 0.5) is 0 Å². The zero-order valence-electron chi connectivity index (χ0n) is 16.4. The summed E-state index contributed by atoms with van der Waals surface area (Å²) in [5.74, 6) is 1.45. The van der Waals surface area contributed by atoms with Gasteiger partial charge in [0.25, 0.3) is 0 Å². The van der Waals surface area contributed by atoms with Gasteiger partial charge < -0.3 is 19.5 Å². The minimum absolute atomic E-state index is 0.450. The molecule has 5 heteroatoms. The molecular weight excluding hydrogens is 352 g/mol. The van der Waals surface area contributed by atoms with Crippen LogP contribution in [0.1, 0.15) is 22.3 Å². The van der Waals surface area contributed by atoms with E-state index in [0.717, 1.165) is 35.7 Å². The van der Waals surface area contributed by atoms with E-state index in [0.29, 0.717) is 13.2 Å². The van der Waals surface area contributed by atoms with Crippen LogP contribution < -0.4 is 14.8 Å². The van der Waals surface area contributed by atoms with Crippen LogP contribution in [0.15, 0.2) is 67.0 Å². The maximum Gasteiger partial charge on any atom is 0.161 e.